The second-order valence-electron chi connectivity index (χ2n) is 6.17. The number of carbonyl (C=O) groups excluding carboxylic acids is 1. The highest BCUT2D eigenvalue weighted by Gasteiger charge is 2.10. The Hall–Kier alpha value is -2.89. The second-order valence-corrected chi connectivity index (χ2v) is 6.98. The van der Waals surface area contributed by atoms with Crippen molar-refractivity contribution in [3.63, 3.8) is 0 Å². The molecule has 3 rings (SSSR count). The van der Waals surface area contributed by atoms with Crippen LogP contribution in [-0.4, -0.2) is 19.6 Å². The number of ether oxygens (including phenoxy) is 2. The Morgan fingerprint density at radius 3 is 2.41 bits per heavy atom. The van der Waals surface area contributed by atoms with E-state index in [0.29, 0.717) is 33.8 Å². The number of halogens is 2. The number of benzene rings is 3. The van der Waals surface area contributed by atoms with Crippen LogP contribution >= 0.6 is 23.2 Å². The molecule has 7 heteroatoms. The monoisotopic (exact) mass is 430 g/mol. The Kier molecular flexibility index (Phi) is 7.22. The molecular formula is C22H20Cl2N2O3. The summed E-state index contributed by atoms with van der Waals surface area (Å²) in [6.45, 7) is 0.469. The highest BCUT2D eigenvalue weighted by Crippen LogP contribution is 2.29. The van der Waals surface area contributed by atoms with Gasteiger partial charge in [0.25, 0.3) is 5.91 Å². The molecule has 0 aliphatic rings. The van der Waals surface area contributed by atoms with Gasteiger partial charge in [-0.05, 0) is 48.0 Å². The van der Waals surface area contributed by atoms with Crippen molar-refractivity contribution in [3.05, 3.63) is 82.3 Å². The van der Waals surface area contributed by atoms with Crippen molar-refractivity contribution in [2.24, 2.45) is 0 Å². The minimum atomic E-state index is -0.319. The van der Waals surface area contributed by atoms with Gasteiger partial charge in [0.15, 0.2) is 18.1 Å². The lowest BCUT2D eigenvalue weighted by Gasteiger charge is -2.13. The van der Waals surface area contributed by atoms with Gasteiger partial charge in [-0.3, -0.25) is 4.79 Å². The normalized spacial score (nSPS) is 10.3. The Bertz CT molecular complexity index is 981. The molecule has 0 aliphatic heterocycles. The van der Waals surface area contributed by atoms with Crippen LogP contribution in [0.2, 0.25) is 10.0 Å². The zero-order valence-electron chi connectivity index (χ0n) is 15.7. The SMILES string of the molecule is COc1cc(CNc2ccccc2)ccc1OCC(=O)Nc1ccc(Cl)c(Cl)c1. The molecule has 29 heavy (non-hydrogen) atoms. The molecule has 0 saturated heterocycles. The molecule has 0 heterocycles. The first kappa shape index (κ1) is 20.8. The van der Waals surface area contributed by atoms with Crippen molar-refractivity contribution in [1.29, 1.82) is 0 Å². The zero-order chi connectivity index (χ0) is 20.6. The fourth-order valence-electron chi connectivity index (χ4n) is 2.62. The lowest BCUT2D eigenvalue weighted by atomic mass is 10.2. The van der Waals surface area contributed by atoms with Crippen molar-refractivity contribution in [2.45, 2.75) is 6.54 Å². The maximum absolute atomic E-state index is 12.1. The molecule has 1 amide bonds. The number of hydrogen-bond acceptors (Lipinski definition) is 4. The summed E-state index contributed by atoms with van der Waals surface area (Å²) in [5.41, 5.74) is 2.60. The van der Waals surface area contributed by atoms with E-state index >= 15 is 0 Å². The molecule has 0 bridgehead atoms. The Labute approximate surface area is 179 Å². The summed E-state index contributed by atoms with van der Waals surface area (Å²) in [5.74, 6) is 0.722. The lowest BCUT2D eigenvalue weighted by Crippen LogP contribution is -2.20. The maximum atomic E-state index is 12.1. The van der Waals surface area contributed by atoms with E-state index in [1.807, 2.05) is 42.5 Å². The first-order valence-corrected chi connectivity index (χ1v) is 9.64. The van der Waals surface area contributed by atoms with E-state index < -0.39 is 0 Å². The van der Waals surface area contributed by atoms with Crippen molar-refractivity contribution in [1.82, 2.24) is 0 Å². The van der Waals surface area contributed by atoms with Gasteiger partial charge in [0.2, 0.25) is 0 Å². The predicted octanol–water partition coefficient (Wildman–Crippen LogP) is 5.63. The first-order valence-electron chi connectivity index (χ1n) is 8.88. The van der Waals surface area contributed by atoms with Crippen LogP contribution in [0, 0.1) is 0 Å². The van der Waals surface area contributed by atoms with E-state index in [9.17, 15) is 4.79 Å². The number of methoxy groups -OCH3 is 1. The van der Waals surface area contributed by atoms with Gasteiger partial charge in [-0.15, -0.1) is 0 Å². The van der Waals surface area contributed by atoms with Gasteiger partial charge >= 0.3 is 0 Å². The molecule has 0 atom stereocenters. The van der Waals surface area contributed by atoms with Crippen LogP contribution in [0.5, 0.6) is 11.5 Å². The third-order valence-corrected chi connectivity index (χ3v) is 4.80. The fourth-order valence-corrected chi connectivity index (χ4v) is 2.91. The largest absolute Gasteiger partial charge is 0.493 e. The fraction of sp³-hybridized carbons (Fsp3) is 0.136. The molecular weight excluding hydrogens is 411 g/mol. The van der Waals surface area contributed by atoms with Gasteiger partial charge in [0.05, 0.1) is 17.2 Å². The Morgan fingerprint density at radius 1 is 0.897 bits per heavy atom. The van der Waals surface area contributed by atoms with Gasteiger partial charge in [0, 0.05) is 17.9 Å². The van der Waals surface area contributed by atoms with Crippen molar-refractivity contribution in [3.8, 4) is 11.5 Å². The summed E-state index contributed by atoms with van der Waals surface area (Å²) in [5, 5.41) is 6.84. The van der Waals surface area contributed by atoms with Crippen LogP contribution in [0.25, 0.3) is 0 Å². The van der Waals surface area contributed by atoms with Crippen LogP contribution in [0.15, 0.2) is 66.7 Å². The third kappa shape index (κ3) is 6.04. The van der Waals surface area contributed by atoms with Gasteiger partial charge in [-0.1, -0.05) is 47.5 Å². The molecule has 5 nitrogen and oxygen atoms in total. The lowest BCUT2D eigenvalue weighted by molar-refractivity contribution is -0.118. The molecule has 0 radical (unpaired) electrons. The van der Waals surface area contributed by atoms with Crippen LogP contribution in [0.1, 0.15) is 5.56 Å². The van der Waals surface area contributed by atoms with Gasteiger partial charge in [-0.25, -0.2) is 0 Å². The van der Waals surface area contributed by atoms with Crippen LogP contribution in [-0.2, 0) is 11.3 Å². The van der Waals surface area contributed by atoms with E-state index in [1.54, 1.807) is 31.4 Å². The number of rotatable bonds is 8. The number of para-hydroxylation sites is 1. The van der Waals surface area contributed by atoms with Crippen LogP contribution in [0.4, 0.5) is 11.4 Å². The molecule has 150 valence electrons. The smallest absolute Gasteiger partial charge is 0.262 e. The van der Waals surface area contributed by atoms with E-state index in [2.05, 4.69) is 10.6 Å². The zero-order valence-corrected chi connectivity index (χ0v) is 17.3. The summed E-state index contributed by atoms with van der Waals surface area (Å²) in [6, 6.07) is 20.4. The minimum Gasteiger partial charge on any atom is -0.493 e. The summed E-state index contributed by atoms with van der Waals surface area (Å²) < 4.78 is 11.0. The average molecular weight is 431 g/mol. The molecule has 0 aromatic heterocycles. The topological polar surface area (TPSA) is 59.6 Å². The number of anilines is 2. The van der Waals surface area contributed by atoms with E-state index in [0.717, 1.165) is 11.3 Å². The number of amides is 1. The average Bonchev–Trinajstić information content (AvgIpc) is 2.74. The second kappa shape index (κ2) is 10.0. The summed E-state index contributed by atoms with van der Waals surface area (Å²) in [7, 11) is 1.56. The highest BCUT2D eigenvalue weighted by atomic mass is 35.5. The van der Waals surface area contributed by atoms with Crippen molar-refractivity contribution in [2.75, 3.05) is 24.4 Å². The Balaban J connectivity index is 1.57. The van der Waals surface area contributed by atoms with Crippen molar-refractivity contribution < 1.29 is 14.3 Å². The standard InChI is InChI=1S/C22H20Cl2N2O3/c1-28-21-11-15(13-25-16-5-3-2-4-6-16)7-10-20(21)29-14-22(27)26-17-8-9-18(23)19(24)12-17/h2-12,25H,13-14H2,1H3,(H,26,27). The highest BCUT2D eigenvalue weighted by molar-refractivity contribution is 6.42. The Morgan fingerprint density at radius 2 is 1.69 bits per heavy atom. The summed E-state index contributed by atoms with van der Waals surface area (Å²) >= 11 is 11.8. The third-order valence-electron chi connectivity index (χ3n) is 4.06. The molecule has 2 N–H and O–H groups in total. The molecule has 3 aromatic carbocycles. The number of carbonyl (C=O) groups is 1. The molecule has 0 saturated carbocycles. The van der Waals surface area contributed by atoms with Gasteiger partial charge in [0.1, 0.15) is 0 Å². The summed E-state index contributed by atoms with van der Waals surface area (Å²) in [4.78, 5) is 12.1. The molecule has 3 aromatic rings. The molecule has 0 unspecified atom stereocenters. The van der Waals surface area contributed by atoms with Crippen LogP contribution in [0.3, 0.4) is 0 Å². The summed E-state index contributed by atoms with van der Waals surface area (Å²) in [6.07, 6.45) is 0. The van der Waals surface area contributed by atoms with Gasteiger partial charge in [-0.2, -0.15) is 0 Å². The predicted molar refractivity (Wildman–Crippen MR) is 117 cm³/mol. The molecule has 0 aliphatic carbocycles. The van der Waals surface area contributed by atoms with E-state index in [4.69, 9.17) is 32.7 Å². The van der Waals surface area contributed by atoms with E-state index in [1.165, 1.54) is 0 Å². The minimum absolute atomic E-state index is 0.168. The number of nitrogens with one attached hydrogen (secondary N) is 2. The maximum Gasteiger partial charge on any atom is 0.262 e. The van der Waals surface area contributed by atoms with E-state index in [-0.39, 0.29) is 12.5 Å². The van der Waals surface area contributed by atoms with Gasteiger partial charge < -0.3 is 20.1 Å². The number of hydrogen-bond donors (Lipinski definition) is 2. The first-order chi connectivity index (χ1) is 14.0. The molecule has 0 fully saturated rings. The molecule has 0 spiro atoms. The van der Waals surface area contributed by atoms with Crippen molar-refractivity contribution >= 4 is 40.5 Å². The quantitative estimate of drug-likeness (QED) is 0.485. The van der Waals surface area contributed by atoms with Crippen LogP contribution < -0.4 is 20.1 Å².